The fourth-order valence-corrected chi connectivity index (χ4v) is 5.01. The van der Waals surface area contributed by atoms with Gasteiger partial charge in [-0.1, -0.05) is 25.1 Å². The summed E-state index contributed by atoms with van der Waals surface area (Å²) in [5, 5.41) is 0. The molecule has 4 rings (SSSR count). The van der Waals surface area contributed by atoms with E-state index >= 15 is 0 Å². The number of carbonyl (C=O) groups is 2. The van der Waals surface area contributed by atoms with Crippen molar-refractivity contribution in [2.75, 3.05) is 13.1 Å². The minimum absolute atomic E-state index is 0.0716. The highest BCUT2D eigenvalue weighted by atomic mass is 19.4. The lowest BCUT2D eigenvalue weighted by molar-refractivity contribution is -0.137. The highest BCUT2D eigenvalue weighted by Gasteiger charge is 2.47. The van der Waals surface area contributed by atoms with Crippen molar-refractivity contribution < 1.29 is 27.2 Å². The SMILES string of the molecule is CC(CC1(C(N)=O)CC=C(c2cccc(C(F)(F)F)c2)C2=C1CN(C(N)=O)CC2)c1ncco1. The minimum Gasteiger partial charge on any atom is -0.449 e. The predicted octanol–water partition coefficient (Wildman–Crippen LogP) is 4.23. The van der Waals surface area contributed by atoms with E-state index < -0.39 is 29.1 Å². The molecule has 0 saturated heterocycles. The van der Waals surface area contributed by atoms with Crippen LogP contribution in [0.4, 0.5) is 18.0 Å². The zero-order chi connectivity index (χ0) is 24.7. The summed E-state index contributed by atoms with van der Waals surface area (Å²) < 4.78 is 45.5. The monoisotopic (exact) mass is 474 g/mol. The summed E-state index contributed by atoms with van der Waals surface area (Å²) in [6, 6.07) is 4.45. The van der Waals surface area contributed by atoms with Crippen molar-refractivity contribution in [3.8, 4) is 0 Å². The molecule has 1 aliphatic heterocycles. The molecule has 2 aliphatic rings. The van der Waals surface area contributed by atoms with Crippen molar-refractivity contribution in [2.24, 2.45) is 16.9 Å². The first-order chi connectivity index (χ1) is 16.0. The van der Waals surface area contributed by atoms with Gasteiger partial charge in [-0.2, -0.15) is 13.2 Å². The van der Waals surface area contributed by atoms with Crippen LogP contribution in [0.3, 0.4) is 0 Å². The molecule has 2 unspecified atom stereocenters. The van der Waals surface area contributed by atoms with E-state index in [9.17, 15) is 22.8 Å². The number of hydrogen-bond donors (Lipinski definition) is 2. The second-order valence-electron chi connectivity index (χ2n) is 8.79. The van der Waals surface area contributed by atoms with Crippen LogP contribution in [0.2, 0.25) is 0 Å². The van der Waals surface area contributed by atoms with Gasteiger partial charge in [0.25, 0.3) is 0 Å². The van der Waals surface area contributed by atoms with Crippen LogP contribution in [-0.4, -0.2) is 34.9 Å². The van der Waals surface area contributed by atoms with Gasteiger partial charge in [0.2, 0.25) is 5.91 Å². The molecule has 4 N–H and O–H groups in total. The van der Waals surface area contributed by atoms with E-state index in [4.69, 9.17) is 15.9 Å². The number of oxazole rings is 1. The standard InChI is InChI=1S/C24H25F3N4O3/c1-14(20-30-8-10-34-20)12-23(21(28)32)7-5-17(15-3-2-4-16(11-15)24(25,26)27)18-6-9-31(22(29)33)13-19(18)23/h2-5,8,10-11,14H,6-7,9,12-13H2,1H3,(H2,28,32)(H2,29,33). The molecule has 2 atom stereocenters. The summed E-state index contributed by atoms with van der Waals surface area (Å²) in [4.78, 5) is 30.5. The summed E-state index contributed by atoms with van der Waals surface area (Å²) in [5.74, 6) is -0.411. The van der Waals surface area contributed by atoms with E-state index in [1.54, 1.807) is 12.1 Å². The van der Waals surface area contributed by atoms with Crippen LogP contribution in [0.25, 0.3) is 5.57 Å². The normalized spacial score (nSPS) is 21.6. The maximum atomic E-state index is 13.3. The number of urea groups is 1. The molecular weight excluding hydrogens is 449 g/mol. The topological polar surface area (TPSA) is 115 Å². The number of benzene rings is 1. The van der Waals surface area contributed by atoms with Gasteiger partial charge in [0.1, 0.15) is 6.26 Å². The number of hydrogen-bond acceptors (Lipinski definition) is 4. The van der Waals surface area contributed by atoms with E-state index in [2.05, 4.69) is 4.98 Å². The summed E-state index contributed by atoms with van der Waals surface area (Å²) in [7, 11) is 0. The zero-order valence-electron chi connectivity index (χ0n) is 18.6. The third-order valence-corrected chi connectivity index (χ3v) is 6.71. The number of aromatic nitrogens is 1. The molecule has 0 bridgehead atoms. The number of amides is 3. The highest BCUT2D eigenvalue weighted by molar-refractivity contribution is 5.92. The molecule has 180 valence electrons. The van der Waals surface area contributed by atoms with Gasteiger partial charge in [0.05, 0.1) is 17.2 Å². The molecule has 1 aromatic carbocycles. The van der Waals surface area contributed by atoms with E-state index in [1.807, 2.05) is 6.92 Å². The van der Waals surface area contributed by atoms with Crippen LogP contribution in [0.15, 0.2) is 58.4 Å². The molecule has 2 aromatic rings. The number of allylic oxidation sites excluding steroid dienone is 2. The number of nitrogens with two attached hydrogens (primary N) is 2. The average molecular weight is 474 g/mol. The first-order valence-corrected chi connectivity index (χ1v) is 10.9. The van der Waals surface area contributed by atoms with Gasteiger partial charge in [-0.25, -0.2) is 9.78 Å². The Hall–Kier alpha value is -3.56. The number of rotatable bonds is 5. The lowest BCUT2D eigenvalue weighted by Crippen LogP contribution is -2.49. The Balaban J connectivity index is 1.82. The Kier molecular flexibility index (Phi) is 6.01. The summed E-state index contributed by atoms with van der Waals surface area (Å²) in [5.41, 5.74) is 11.9. The fourth-order valence-electron chi connectivity index (χ4n) is 5.01. The number of halogens is 3. The van der Waals surface area contributed by atoms with Crippen molar-refractivity contribution in [1.82, 2.24) is 9.88 Å². The molecule has 3 amide bonds. The first-order valence-electron chi connectivity index (χ1n) is 10.9. The zero-order valence-corrected chi connectivity index (χ0v) is 18.6. The lowest BCUT2D eigenvalue weighted by Gasteiger charge is -2.44. The van der Waals surface area contributed by atoms with Crippen LogP contribution >= 0.6 is 0 Å². The molecule has 0 fully saturated rings. The van der Waals surface area contributed by atoms with Crippen molar-refractivity contribution in [3.05, 3.63) is 71.0 Å². The van der Waals surface area contributed by atoms with Gasteiger partial charge >= 0.3 is 12.2 Å². The molecule has 1 aliphatic carbocycles. The van der Waals surface area contributed by atoms with Crippen LogP contribution in [0.1, 0.15) is 49.1 Å². The van der Waals surface area contributed by atoms with E-state index in [0.717, 1.165) is 17.7 Å². The van der Waals surface area contributed by atoms with E-state index in [1.165, 1.54) is 23.4 Å². The Labute approximate surface area is 194 Å². The Morgan fingerprint density at radius 3 is 2.68 bits per heavy atom. The molecule has 2 heterocycles. The Morgan fingerprint density at radius 1 is 1.29 bits per heavy atom. The van der Waals surface area contributed by atoms with E-state index in [0.29, 0.717) is 29.0 Å². The van der Waals surface area contributed by atoms with Crippen LogP contribution in [0.5, 0.6) is 0 Å². The molecule has 7 nitrogen and oxygen atoms in total. The van der Waals surface area contributed by atoms with Gasteiger partial charge < -0.3 is 20.8 Å². The largest absolute Gasteiger partial charge is 0.449 e. The molecule has 0 spiro atoms. The number of alkyl halides is 3. The van der Waals surface area contributed by atoms with Crippen LogP contribution < -0.4 is 11.5 Å². The molecule has 34 heavy (non-hydrogen) atoms. The van der Waals surface area contributed by atoms with Crippen molar-refractivity contribution in [1.29, 1.82) is 0 Å². The second-order valence-corrected chi connectivity index (χ2v) is 8.79. The quantitative estimate of drug-likeness (QED) is 0.675. The first kappa shape index (κ1) is 23.6. The van der Waals surface area contributed by atoms with Crippen molar-refractivity contribution >= 4 is 17.5 Å². The van der Waals surface area contributed by atoms with Crippen LogP contribution in [0, 0.1) is 5.41 Å². The Bertz CT molecular complexity index is 1170. The minimum atomic E-state index is -4.49. The molecular formula is C24H25F3N4O3. The maximum absolute atomic E-state index is 13.3. The molecule has 1 aromatic heterocycles. The van der Waals surface area contributed by atoms with Gasteiger partial charge in [0.15, 0.2) is 5.89 Å². The number of nitrogens with zero attached hydrogens (tertiary/aromatic N) is 2. The van der Waals surface area contributed by atoms with Gasteiger partial charge in [-0.05, 0) is 53.7 Å². The third kappa shape index (κ3) is 4.20. The number of primary amides is 2. The average Bonchev–Trinajstić information content (AvgIpc) is 3.33. The van der Waals surface area contributed by atoms with Crippen molar-refractivity contribution in [2.45, 2.75) is 38.3 Å². The molecule has 10 heteroatoms. The third-order valence-electron chi connectivity index (χ3n) is 6.71. The molecule has 0 saturated carbocycles. The summed E-state index contributed by atoms with van der Waals surface area (Å²) in [6.07, 6.45) is 1.01. The summed E-state index contributed by atoms with van der Waals surface area (Å²) >= 11 is 0. The van der Waals surface area contributed by atoms with Gasteiger partial charge in [0, 0.05) is 19.0 Å². The number of carbonyl (C=O) groups excluding carboxylic acids is 2. The fraction of sp³-hybridized carbons (Fsp3) is 0.375. The highest BCUT2D eigenvalue weighted by Crippen LogP contribution is 2.51. The van der Waals surface area contributed by atoms with Crippen LogP contribution in [-0.2, 0) is 11.0 Å². The Morgan fingerprint density at radius 2 is 2.06 bits per heavy atom. The molecule has 0 radical (unpaired) electrons. The van der Waals surface area contributed by atoms with Crippen molar-refractivity contribution in [3.63, 3.8) is 0 Å². The van der Waals surface area contributed by atoms with Gasteiger partial charge in [-0.15, -0.1) is 0 Å². The smallest absolute Gasteiger partial charge is 0.416 e. The second kappa shape index (κ2) is 8.66. The van der Waals surface area contributed by atoms with Gasteiger partial charge in [-0.3, -0.25) is 4.79 Å². The maximum Gasteiger partial charge on any atom is 0.416 e. The summed E-state index contributed by atoms with van der Waals surface area (Å²) in [6.45, 7) is 2.22. The lowest BCUT2D eigenvalue weighted by atomic mass is 9.63. The predicted molar refractivity (Wildman–Crippen MR) is 118 cm³/mol. The van der Waals surface area contributed by atoms with E-state index in [-0.39, 0.29) is 31.8 Å².